The van der Waals surface area contributed by atoms with Gasteiger partial charge in [0.15, 0.2) is 0 Å². The molecule has 1 aromatic heterocycles. The second-order valence-electron chi connectivity index (χ2n) is 7.97. The van der Waals surface area contributed by atoms with Crippen molar-refractivity contribution in [3.63, 3.8) is 0 Å². The lowest BCUT2D eigenvalue weighted by molar-refractivity contribution is 0.239. The van der Waals surface area contributed by atoms with E-state index in [9.17, 15) is 0 Å². The zero-order valence-corrected chi connectivity index (χ0v) is 15.3. The summed E-state index contributed by atoms with van der Waals surface area (Å²) in [5.41, 5.74) is 6.29. The fourth-order valence-electron chi connectivity index (χ4n) is 4.14. The minimum Gasteiger partial charge on any atom is -0.295 e. The average Bonchev–Trinajstić information content (AvgIpc) is 2.51. The number of hydrogen-bond acceptors (Lipinski definition) is 3. The van der Waals surface area contributed by atoms with Gasteiger partial charge < -0.3 is 0 Å². The van der Waals surface area contributed by atoms with Gasteiger partial charge in [-0.15, -0.1) is 0 Å². The first kappa shape index (κ1) is 16.6. The molecule has 0 unspecified atom stereocenters. The Morgan fingerprint density at radius 3 is 2.83 bits per heavy atom. The first-order valence-corrected chi connectivity index (χ1v) is 9.24. The Balaban J connectivity index is 1.72. The Kier molecular flexibility index (Phi) is 4.86. The summed E-state index contributed by atoms with van der Waals surface area (Å²) in [6, 6.07) is 0. The van der Waals surface area contributed by atoms with Gasteiger partial charge in [-0.1, -0.05) is 31.9 Å². The Bertz CT molecular complexity index is 601. The Morgan fingerprint density at radius 1 is 1.26 bits per heavy atom. The maximum absolute atomic E-state index is 4.78. The number of aryl methyl sites for hydroxylation is 1. The fourth-order valence-corrected chi connectivity index (χ4v) is 4.14. The molecule has 0 atom stereocenters. The molecule has 3 nitrogen and oxygen atoms in total. The molecular formula is C20H31N3. The largest absolute Gasteiger partial charge is 0.295 e. The molecule has 0 saturated heterocycles. The summed E-state index contributed by atoms with van der Waals surface area (Å²) < 4.78 is 0. The zero-order chi connectivity index (χ0) is 16.4. The van der Waals surface area contributed by atoms with Crippen LogP contribution in [0.2, 0.25) is 0 Å². The lowest BCUT2D eigenvalue weighted by Crippen LogP contribution is -2.37. The van der Waals surface area contributed by atoms with Crippen molar-refractivity contribution >= 4 is 0 Å². The quantitative estimate of drug-likeness (QED) is 0.775. The van der Waals surface area contributed by atoms with Crippen molar-refractivity contribution in [1.82, 2.24) is 14.9 Å². The lowest BCUT2D eigenvalue weighted by Gasteiger charge is -2.38. The summed E-state index contributed by atoms with van der Waals surface area (Å²) in [4.78, 5) is 11.9. The molecule has 0 aromatic carbocycles. The normalized spacial score (nSPS) is 21.4. The van der Waals surface area contributed by atoms with Crippen molar-refractivity contribution in [2.24, 2.45) is 5.41 Å². The second-order valence-corrected chi connectivity index (χ2v) is 7.97. The van der Waals surface area contributed by atoms with Crippen molar-refractivity contribution < 1.29 is 0 Å². The highest BCUT2D eigenvalue weighted by molar-refractivity contribution is 5.26. The van der Waals surface area contributed by atoms with Gasteiger partial charge in [-0.2, -0.15) is 0 Å². The van der Waals surface area contributed by atoms with Crippen molar-refractivity contribution in [3.8, 4) is 0 Å². The van der Waals surface area contributed by atoms with Crippen LogP contribution in [-0.2, 0) is 19.4 Å². The monoisotopic (exact) mass is 313 g/mol. The van der Waals surface area contributed by atoms with E-state index in [1.165, 1.54) is 30.5 Å². The molecule has 2 aliphatic rings. The topological polar surface area (TPSA) is 29.0 Å². The van der Waals surface area contributed by atoms with Gasteiger partial charge in [-0.3, -0.25) is 4.90 Å². The first-order chi connectivity index (χ1) is 11.0. The summed E-state index contributed by atoms with van der Waals surface area (Å²) in [7, 11) is 0. The van der Waals surface area contributed by atoms with E-state index in [4.69, 9.17) is 4.98 Å². The lowest BCUT2D eigenvalue weighted by atomic mass is 9.72. The summed E-state index contributed by atoms with van der Waals surface area (Å²) >= 11 is 0. The Morgan fingerprint density at radius 2 is 2.09 bits per heavy atom. The first-order valence-electron chi connectivity index (χ1n) is 9.24. The predicted molar refractivity (Wildman–Crippen MR) is 95.3 cm³/mol. The molecule has 0 radical (unpaired) electrons. The molecule has 126 valence electrons. The number of rotatable bonds is 4. The standard InChI is InChI=1S/C20H31N3/c1-5-7-19-21-12-16-13-23(11-9-18(16)22-19)14-17-15(2)8-6-10-20(17,3)4/h12H,5-11,13-14H2,1-4H3. The van der Waals surface area contributed by atoms with E-state index in [0.717, 1.165) is 44.7 Å². The second kappa shape index (κ2) is 6.72. The molecule has 0 bridgehead atoms. The van der Waals surface area contributed by atoms with Crippen LogP contribution in [-0.4, -0.2) is 28.0 Å². The van der Waals surface area contributed by atoms with Gasteiger partial charge in [0, 0.05) is 49.9 Å². The third kappa shape index (κ3) is 3.65. The molecule has 3 rings (SSSR count). The van der Waals surface area contributed by atoms with E-state index in [-0.39, 0.29) is 0 Å². The molecule has 0 amide bonds. The van der Waals surface area contributed by atoms with Gasteiger partial charge in [0.05, 0.1) is 0 Å². The Labute approximate surface area is 141 Å². The molecular weight excluding hydrogens is 282 g/mol. The molecule has 1 aliphatic heterocycles. The van der Waals surface area contributed by atoms with Crippen LogP contribution in [0.5, 0.6) is 0 Å². The van der Waals surface area contributed by atoms with Crippen LogP contribution in [0.4, 0.5) is 0 Å². The molecule has 1 aliphatic carbocycles. The molecule has 23 heavy (non-hydrogen) atoms. The van der Waals surface area contributed by atoms with Gasteiger partial charge in [0.25, 0.3) is 0 Å². The SMILES string of the molecule is CCCc1ncc2c(n1)CCN(CC1=C(C)CCCC1(C)C)C2. The molecule has 0 N–H and O–H groups in total. The van der Waals surface area contributed by atoms with E-state index in [2.05, 4.69) is 43.8 Å². The number of hydrogen-bond donors (Lipinski definition) is 0. The third-order valence-electron chi connectivity index (χ3n) is 5.60. The molecule has 0 fully saturated rings. The van der Waals surface area contributed by atoms with Crippen LogP contribution in [0.3, 0.4) is 0 Å². The molecule has 1 aromatic rings. The Hall–Kier alpha value is -1.22. The summed E-state index contributed by atoms with van der Waals surface area (Å²) in [6.45, 7) is 12.6. The highest BCUT2D eigenvalue weighted by Gasteiger charge is 2.30. The average molecular weight is 313 g/mol. The van der Waals surface area contributed by atoms with Crippen molar-refractivity contribution in [2.45, 2.75) is 72.8 Å². The maximum atomic E-state index is 4.78. The van der Waals surface area contributed by atoms with Gasteiger partial charge in [0.2, 0.25) is 0 Å². The van der Waals surface area contributed by atoms with Crippen molar-refractivity contribution in [1.29, 1.82) is 0 Å². The van der Waals surface area contributed by atoms with Gasteiger partial charge in [-0.05, 0) is 38.0 Å². The number of fused-ring (bicyclic) bond motifs is 1. The third-order valence-corrected chi connectivity index (χ3v) is 5.60. The van der Waals surface area contributed by atoms with Gasteiger partial charge in [-0.25, -0.2) is 9.97 Å². The number of allylic oxidation sites excluding steroid dienone is 1. The highest BCUT2D eigenvalue weighted by atomic mass is 15.1. The van der Waals surface area contributed by atoms with E-state index >= 15 is 0 Å². The number of nitrogens with zero attached hydrogens (tertiary/aromatic N) is 3. The van der Waals surface area contributed by atoms with Gasteiger partial charge >= 0.3 is 0 Å². The van der Waals surface area contributed by atoms with Crippen molar-refractivity contribution in [3.05, 3.63) is 34.4 Å². The predicted octanol–water partition coefficient (Wildman–Crippen LogP) is 4.31. The van der Waals surface area contributed by atoms with E-state index in [1.807, 2.05) is 0 Å². The summed E-state index contributed by atoms with van der Waals surface area (Å²) in [5, 5.41) is 0. The van der Waals surface area contributed by atoms with Crippen LogP contribution < -0.4 is 0 Å². The van der Waals surface area contributed by atoms with E-state index < -0.39 is 0 Å². The van der Waals surface area contributed by atoms with Crippen molar-refractivity contribution in [2.75, 3.05) is 13.1 Å². The molecule has 0 saturated carbocycles. The van der Waals surface area contributed by atoms with Crippen LogP contribution in [0.1, 0.15) is 70.5 Å². The van der Waals surface area contributed by atoms with Crippen LogP contribution in [0, 0.1) is 5.41 Å². The minimum atomic E-state index is 0.365. The van der Waals surface area contributed by atoms with Gasteiger partial charge in [0.1, 0.15) is 5.82 Å². The number of aromatic nitrogens is 2. The smallest absolute Gasteiger partial charge is 0.128 e. The van der Waals surface area contributed by atoms with Crippen LogP contribution in [0.15, 0.2) is 17.3 Å². The molecule has 3 heteroatoms. The van der Waals surface area contributed by atoms with E-state index in [0.29, 0.717) is 5.41 Å². The molecule has 0 spiro atoms. The minimum absolute atomic E-state index is 0.365. The van der Waals surface area contributed by atoms with Crippen LogP contribution in [0.25, 0.3) is 0 Å². The summed E-state index contributed by atoms with van der Waals surface area (Å²) in [5.74, 6) is 1.02. The maximum Gasteiger partial charge on any atom is 0.128 e. The molecule has 2 heterocycles. The summed E-state index contributed by atoms with van der Waals surface area (Å²) in [6.07, 6.45) is 9.22. The highest BCUT2D eigenvalue weighted by Crippen LogP contribution is 2.40. The van der Waals surface area contributed by atoms with E-state index in [1.54, 1.807) is 11.1 Å². The zero-order valence-electron chi connectivity index (χ0n) is 15.3. The van der Waals surface area contributed by atoms with Crippen LogP contribution >= 0.6 is 0 Å². The fraction of sp³-hybridized carbons (Fsp3) is 0.700.